The first-order valence-electron chi connectivity index (χ1n) is 8.15. The minimum absolute atomic E-state index is 0.0273. The van der Waals surface area contributed by atoms with Crippen molar-refractivity contribution < 1.29 is 13.2 Å². The molecule has 1 aliphatic carbocycles. The van der Waals surface area contributed by atoms with E-state index in [1.807, 2.05) is 4.90 Å². The number of carbonyl (C=O) groups is 1. The van der Waals surface area contributed by atoms with E-state index in [1.54, 1.807) is 25.1 Å². The highest BCUT2D eigenvalue weighted by Crippen LogP contribution is 2.26. The minimum atomic E-state index is -3.55. The monoisotopic (exact) mass is 371 g/mol. The number of hydrogen-bond donors (Lipinski definition) is 1. The minimum Gasteiger partial charge on any atom is -0.352 e. The highest BCUT2D eigenvalue weighted by atomic mass is 35.5. The second kappa shape index (κ2) is 7.00. The van der Waals surface area contributed by atoms with Crippen molar-refractivity contribution in [3.05, 3.63) is 28.8 Å². The predicted octanol–water partition coefficient (Wildman–Crippen LogP) is 1.23. The summed E-state index contributed by atoms with van der Waals surface area (Å²) in [4.78, 5) is 14.1. The molecule has 8 heteroatoms. The van der Waals surface area contributed by atoms with E-state index in [0.29, 0.717) is 49.4 Å². The maximum atomic E-state index is 12.8. The number of hydrogen-bond acceptors (Lipinski definition) is 4. The van der Waals surface area contributed by atoms with E-state index >= 15 is 0 Å². The fourth-order valence-corrected chi connectivity index (χ4v) is 4.74. The lowest BCUT2D eigenvalue weighted by Crippen LogP contribution is -2.51. The third-order valence-electron chi connectivity index (χ3n) is 4.48. The zero-order valence-corrected chi connectivity index (χ0v) is 15.2. The molecule has 1 saturated heterocycles. The summed E-state index contributed by atoms with van der Waals surface area (Å²) in [5.74, 6) is 0.0273. The molecule has 0 atom stereocenters. The molecule has 2 fully saturated rings. The Morgan fingerprint density at radius 3 is 2.54 bits per heavy atom. The lowest BCUT2D eigenvalue weighted by Gasteiger charge is -2.33. The van der Waals surface area contributed by atoms with Crippen LogP contribution >= 0.6 is 11.6 Å². The summed E-state index contributed by atoms with van der Waals surface area (Å²) in [6.45, 7) is 3.91. The quantitative estimate of drug-likeness (QED) is 0.845. The average molecular weight is 372 g/mol. The Kier molecular flexibility index (Phi) is 5.15. The summed E-state index contributed by atoms with van der Waals surface area (Å²) in [5.41, 5.74) is 0.574. The van der Waals surface area contributed by atoms with Crippen molar-refractivity contribution in [2.45, 2.75) is 30.7 Å². The molecule has 0 spiro atoms. The largest absolute Gasteiger partial charge is 0.352 e. The van der Waals surface area contributed by atoms with Gasteiger partial charge in [-0.05, 0) is 37.5 Å². The Morgan fingerprint density at radius 1 is 1.25 bits per heavy atom. The van der Waals surface area contributed by atoms with Crippen molar-refractivity contribution in [1.82, 2.24) is 14.5 Å². The molecule has 1 aromatic carbocycles. The number of carbonyl (C=O) groups excluding carboxylic acids is 1. The normalized spacial score (nSPS) is 20.1. The lowest BCUT2D eigenvalue weighted by atomic mass is 10.2. The van der Waals surface area contributed by atoms with Gasteiger partial charge < -0.3 is 5.32 Å². The lowest BCUT2D eigenvalue weighted by molar-refractivity contribution is -0.122. The molecule has 132 valence electrons. The molecule has 1 aliphatic heterocycles. The first kappa shape index (κ1) is 17.7. The van der Waals surface area contributed by atoms with E-state index in [9.17, 15) is 13.2 Å². The molecule has 3 rings (SSSR count). The summed E-state index contributed by atoms with van der Waals surface area (Å²) >= 11 is 6.05. The van der Waals surface area contributed by atoms with Crippen LogP contribution in [0.5, 0.6) is 0 Å². The predicted molar refractivity (Wildman–Crippen MR) is 92.6 cm³/mol. The van der Waals surface area contributed by atoms with E-state index in [2.05, 4.69) is 5.32 Å². The van der Waals surface area contributed by atoms with Crippen LogP contribution in [0.3, 0.4) is 0 Å². The molecule has 24 heavy (non-hydrogen) atoms. The van der Waals surface area contributed by atoms with Crippen molar-refractivity contribution in [1.29, 1.82) is 0 Å². The van der Waals surface area contributed by atoms with Gasteiger partial charge in [-0.2, -0.15) is 4.31 Å². The van der Waals surface area contributed by atoms with Gasteiger partial charge in [0.15, 0.2) is 0 Å². The Hall–Kier alpha value is -1.15. The maximum Gasteiger partial charge on any atom is 0.243 e. The topological polar surface area (TPSA) is 69.7 Å². The second-order valence-electron chi connectivity index (χ2n) is 6.38. The number of nitrogens with one attached hydrogen (secondary N) is 1. The van der Waals surface area contributed by atoms with E-state index in [-0.39, 0.29) is 10.8 Å². The first-order chi connectivity index (χ1) is 11.4. The molecule has 0 bridgehead atoms. The molecule has 1 heterocycles. The maximum absolute atomic E-state index is 12.8. The standard InChI is InChI=1S/C16H22ClN3O3S/c1-12-14(17)3-2-4-15(12)24(22,23)20-9-7-19(8-10-20)11-16(21)18-13-5-6-13/h2-4,13H,5-11H2,1H3,(H,18,21). The van der Waals surface area contributed by atoms with Crippen LogP contribution in [0.2, 0.25) is 5.02 Å². The number of halogens is 1. The van der Waals surface area contributed by atoms with Gasteiger partial charge >= 0.3 is 0 Å². The summed E-state index contributed by atoms with van der Waals surface area (Å²) in [7, 11) is -3.55. The Bertz CT molecular complexity index is 726. The van der Waals surface area contributed by atoms with Crippen LogP contribution in [0, 0.1) is 6.92 Å². The molecule has 0 aromatic heterocycles. The number of benzene rings is 1. The van der Waals surface area contributed by atoms with Crippen molar-refractivity contribution in [3.63, 3.8) is 0 Å². The van der Waals surface area contributed by atoms with Gasteiger partial charge in [-0.1, -0.05) is 17.7 Å². The Balaban J connectivity index is 1.61. The van der Waals surface area contributed by atoms with E-state index < -0.39 is 10.0 Å². The van der Waals surface area contributed by atoms with Gasteiger partial charge in [0, 0.05) is 37.2 Å². The van der Waals surface area contributed by atoms with Crippen LogP contribution in [-0.4, -0.2) is 62.3 Å². The summed E-state index contributed by atoms with van der Waals surface area (Å²) < 4.78 is 27.1. The van der Waals surface area contributed by atoms with E-state index in [4.69, 9.17) is 11.6 Å². The third-order valence-corrected chi connectivity index (χ3v) is 6.93. The molecule has 6 nitrogen and oxygen atoms in total. The SMILES string of the molecule is Cc1c(Cl)cccc1S(=O)(=O)N1CCN(CC(=O)NC2CC2)CC1. The van der Waals surface area contributed by atoms with Crippen LogP contribution in [0.4, 0.5) is 0 Å². The molecule has 1 amide bonds. The third kappa shape index (κ3) is 3.91. The zero-order valence-electron chi connectivity index (χ0n) is 13.7. The smallest absolute Gasteiger partial charge is 0.243 e. The van der Waals surface area contributed by atoms with Crippen molar-refractivity contribution in [3.8, 4) is 0 Å². The van der Waals surface area contributed by atoms with Crippen molar-refractivity contribution >= 4 is 27.5 Å². The fraction of sp³-hybridized carbons (Fsp3) is 0.562. The van der Waals surface area contributed by atoms with Crippen molar-refractivity contribution in [2.24, 2.45) is 0 Å². The fourth-order valence-electron chi connectivity index (χ4n) is 2.84. The number of amides is 1. The van der Waals surface area contributed by atoms with Gasteiger partial charge in [0.25, 0.3) is 0 Å². The molecule has 1 saturated carbocycles. The average Bonchev–Trinajstić information content (AvgIpc) is 3.34. The molecular formula is C16H22ClN3O3S. The van der Waals surface area contributed by atoms with Crippen LogP contribution in [0.15, 0.2) is 23.1 Å². The van der Waals surface area contributed by atoms with Gasteiger partial charge in [-0.3, -0.25) is 9.69 Å². The van der Waals surface area contributed by atoms with Crippen LogP contribution in [-0.2, 0) is 14.8 Å². The highest BCUT2D eigenvalue weighted by Gasteiger charge is 2.31. The van der Waals surface area contributed by atoms with E-state index in [0.717, 1.165) is 12.8 Å². The molecule has 0 radical (unpaired) electrons. The molecule has 1 aromatic rings. The molecular weight excluding hydrogens is 350 g/mol. The summed E-state index contributed by atoms with van der Waals surface area (Å²) in [6.07, 6.45) is 2.13. The Morgan fingerprint density at radius 2 is 1.92 bits per heavy atom. The summed E-state index contributed by atoms with van der Waals surface area (Å²) in [6, 6.07) is 5.28. The summed E-state index contributed by atoms with van der Waals surface area (Å²) in [5, 5.41) is 3.41. The van der Waals surface area contributed by atoms with Crippen LogP contribution in [0.1, 0.15) is 18.4 Å². The van der Waals surface area contributed by atoms with Gasteiger partial charge in [0.05, 0.1) is 11.4 Å². The van der Waals surface area contributed by atoms with Crippen molar-refractivity contribution in [2.75, 3.05) is 32.7 Å². The van der Waals surface area contributed by atoms with Gasteiger partial charge in [-0.25, -0.2) is 8.42 Å². The number of nitrogens with zero attached hydrogens (tertiary/aromatic N) is 2. The molecule has 0 unspecified atom stereocenters. The number of sulfonamides is 1. The van der Waals surface area contributed by atoms with Crippen LogP contribution in [0.25, 0.3) is 0 Å². The highest BCUT2D eigenvalue weighted by molar-refractivity contribution is 7.89. The molecule has 2 aliphatic rings. The number of rotatable bonds is 5. The molecule has 1 N–H and O–H groups in total. The second-order valence-corrected chi connectivity index (χ2v) is 8.70. The van der Waals surface area contributed by atoms with Gasteiger partial charge in [0.1, 0.15) is 0 Å². The first-order valence-corrected chi connectivity index (χ1v) is 9.97. The zero-order chi connectivity index (χ0) is 17.3. The van der Waals surface area contributed by atoms with Gasteiger partial charge in [-0.15, -0.1) is 0 Å². The van der Waals surface area contributed by atoms with Crippen LogP contribution < -0.4 is 5.32 Å². The Labute approximate surface area is 147 Å². The van der Waals surface area contributed by atoms with Gasteiger partial charge in [0.2, 0.25) is 15.9 Å². The number of piperazine rings is 1. The van der Waals surface area contributed by atoms with E-state index in [1.165, 1.54) is 4.31 Å².